The van der Waals surface area contributed by atoms with Crippen LogP contribution in [0.4, 0.5) is 26.1 Å². The van der Waals surface area contributed by atoms with Gasteiger partial charge in [0.15, 0.2) is 5.15 Å². The van der Waals surface area contributed by atoms with Gasteiger partial charge in [-0.25, -0.2) is 23.4 Å². The van der Waals surface area contributed by atoms with Crippen molar-refractivity contribution in [3.63, 3.8) is 0 Å². The summed E-state index contributed by atoms with van der Waals surface area (Å²) in [6.45, 7) is 4.39. The normalized spacial score (nSPS) is 28.3. The van der Waals surface area contributed by atoms with E-state index < -0.39 is 12.0 Å². The molecule has 1 saturated heterocycles. The molecule has 6 rings (SSSR count). The maximum atomic E-state index is 13.4. The van der Waals surface area contributed by atoms with Crippen LogP contribution in [0.25, 0.3) is 10.9 Å². The van der Waals surface area contributed by atoms with Crippen molar-refractivity contribution in [3.05, 3.63) is 34.7 Å². The lowest BCUT2D eigenvalue weighted by Gasteiger charge is -2.38. The van der Waals surface area contributed by atoms with E-state index in [1.54, 1.807) is 6.20 Å². The van der Waals surface area contributed by atoms with E-state index in [4.69, 9.17) is 23.2 Å². The molecule has 2 bridgehead atoms. The van der Waals surface area contributed by atoms with Crippen LogP contribution >= 0.6 is 23.2 Å². The van der Waals surface area contributed by atoms with Crippen LogP contribution in [0.2, 0.25) is 10.2 Å². The first kappa shape index (κ1) is 20.4. The average Bonchev–Trinajstić information content (AvgIpc) is 3.18. The summed E-state index contributed by atoms with van der Waals surface area (Å²) in [6, 6.07) is 2.92. The third-order valence-corrected chi connectivity index (χ3v) is 8.04. The molecule has 2 aliphatic carbocycles. The zero-order valence-corrected chi connectivity index (χ0v) is 18.9. The Morgan fingerprint density at radius 2 is 1.84 bits per heavy atom. The molecule has 2 saturated carbocycles. The van der Waals surface area contributed by atoms with E-state index in [9.17, 15) is 8.78 Å². The molecule has 3 fully saturated rings. The highest BCUT2D eigenvalue weighted by atomic mass is 35.5. The number of halogens is 4. The van der Waals surface area contributed by atoms with Gasteiger partial charge >= 0.3 is 0 Å². The van der Waals surface area contributed by atoms with Gasteiger partial charge < -0.3 is 10.2 Å². The highest BCUT2D eigenvalue weighted by Gasteiger charge is 2.59. The van der Waals surface area contributed by atoms with Gasteiger partial charge in [-0.2, -0.15) is 5.10 Å². The first-order valence-electron chi connectivity index (χ1n) is 10.9. The highest BCUT2D eigenvalue weighted by Crippen LogP contribution is 2.53. The molecule has 1 aliphatic heterocycles. The number of anilines is 3. The van der Waals surface area contributed by atoms with Gasteiger partial charge in [-0.3, -0.25) is 0 Å². The lowest BCUT2D eigenvalue weighted by molar-refractivity contribution is 0.0984. The highest BCUT2D eigenvalue weighted by molar-refractivity contribution is 6.34. The monoisotopic (exact) mass is 478 g/mol. The molecule has 1 N–H and O–H groups in total. The first-order valence-corrected chi connectivity index (χ1v) is 11.6. The molecular weight excluding hydrogens is 457 g/mol. The quantitative estimate of drug-likeness (QED) is 0.502. The smallest absolute Gasteiger partial charge is 0.272 e. The van der Waals surface area contributed by atoms with Crippen molar-refractivity contribution in [2.75, 3.05) is 23.3 Å². The maximum Gasteiger partial charge on any atom is 0.272 e. The largest absolute Gasteiger partial charge is 0.370 e. The molecule has 0 radical (unpaired) electrons. The Balaban J connectivity index is 1.28. The number of hydrogen-bond donors (Lipinski definition) is 1. The molecule has 0 amide bonds. The minimum absolute atomic E-state index is 0.116. The second-order valence-corrected chi connectivity index (χ2v) is 10.1. The molecule has 3 unspecified atom stereocenters. The number of nitrogens with zero attached hydrogens (tertiary/aromatic N) is 5. The lowest BCUT2D eigenvalue weighted by Crippen LogP contribution is -2.41. The van der Waals surface area contributed by atoms with E-state index in [2.05, 4.69) is 32.2 Å². The van der Waals surface area contributed by atoms with Gasteiger partial charge in [0, 0.05) is 31.1 Å². The summed E-state index contributed by atoms with van der Waals surface area (Å²) < 4.78 is 27.9. The molecule has 168 valence electrons. The van der Waals surface area contributed by atoms with Crippen molar-refractivity contribution in [2.45, 2.75) is 38.2 Å². The molecule has 10 heteroatoms. The van der Waals surface area contributed by atoms with Crippen molar-refractivity contribution in [1.29, 1.82) is 0 Å². The van der Waals surface area contributed by atoms with E-state index in [0.29, 0.717) is 28.5 Å². The molecule has 6 nitrogen and oxygen atoms in total. The standard InChI is InChI=1S/C22H22Cl2F2N6/c1-11-12-2-3-13(11)10-31(9-12)18-5-16-14(4-15(18)23)7-27-21(29-16)30-17-8-28-32(20(17)24)19-6-22(19,25)26/h4-5,7-8,11-13,19H,2-3,6,9-10H2,1H3,(H,27,29,30)/t11?,12-,13?,19?/m1/s1. The summed E-state index contributed by atoms with van der Waals surface area (Å²) in [7, 11) is 0. The van der Waals surface area contributed by atoms with Gasteiger partial charge in [0.05, 0.1) is 28.1 Å². The van der Waals surface area contributed by atoms with Gasteiger partial charge in [-0.15, -0.1) is 0 Å². The second-order valence-electron chi connectivity index (χ2n) is 9.32. The van der Waals surface area contributed by atoms with Gasteiger partial charge in [-0.05, 0) is 42.7 Å². The Kier molecular flexibility index (Phi) is 4.56. The first-order chi connectivity index (χ1) is 15.3. The van der Waals surface area contributed by atoms with Crippen LogP contribution in [0.3, 0.4) is 0 Å². The van der Waals surface area contributed by atoms with Crippen LogP contribution in [0.15, 0.2) is 24.5 Å². The van der Waals surface area contributed by atoms with Crippen LogP contribution in [-0.2, 0) is 0 Å². The number of benzene rings is 1. The van der Waals surface area contributed by atoms with Crippen LogP contribution < -0.4 is 10.2 Å². The van der Waals surface area contributed by atoms with Crippen molar-refractivity contribution in [1.82, 2.24) is 19.7 Å². The van der Waals surface area contributed by atoms with Crippen LogP contribution in [0, 0.1) is 17.8 Å². The fourth-order valence-corrected chi connectivity index (χ4v) is 5.82. The third kappa shape index (κ3) is 3.30. The predicted molar refractivity (Wildman–Crippen MR) is 121 cm³/mol. The van der Waals surface area contributed by atoms with Crippen molar-refractivity contribution in [2.24, 2.45) is 17.8 Å². The fraction of sp³-hybridized carbons (Fsp3) is 0.500. The summed E-state index contributed by atoms with van der Waals surface area (Å²) in [4.78, 5) is 11.3. The predicted octanol–water partition coefficient (Wildman–Crippen LogP) is 5.94. The third-order valence-electron chi connectivity index (χ3n) is 7.36. The van der Waals surface area contributed by atoms with Crippen LogP contribution in [0.5, 0.6) is 0 Å². The summed E-state index contributed by atoms with van der Waals surface area (Å²) in [5.74, 6) is -0.248. The maximum absolute atomic E-state index is 13.4. The van der Waals surface area contributed by atoms with Crippen LogP contribution in [0.1, 0.15) is 32.2 Å². The van der Waals surface area contributed by atoms with E-state index >= 15 is 0 Å². The number of fused-ring (bicyclic) bond motifs is 3. The second kappa shape index (κ2) is 7.15. The van der Waals surface area contributed by atoms with Gasteiger partial charge in [0.2, 0.25) is 5.95 Å². The Morgan fingerprint density at radius 3 is 2.53 bits per heavy atom. The van der Waals surface area contributed by atoms with Crippen molar-refractivity contribution >= 4 is 51.4 Å². The Hall–Kier alpha value is -2.19. The number of alkyl halides is 2. The zero-order valence-electron chi connectivity index (χ0n) is 17.4. The number of piperidine rings is 1. The van der Waals surface area contributed by atoms with E-state index in [1.807, 2.05) is 12.1 Å². The summed E-state index contributed by atoms with van der Waals surface area (Å²) in [6.07, 6.45) is 5.43. The molecule has 3 aliphatic rings. The van der Waals surface area contributed by atoms with Gasteiger partial charge in [0.25, 0.3) is 5.92 Å². The van der Waals surface area contributed by atoms with Crippen molar-refractivity contribution in [3.8, 4) is 0 Å². The Morgan fingerprint density at radius 1 is 1.12 bits per heavy atom. The Labute approximate surface area is 193 Å². The average molecular weight is 479 g/mol. The molecule has 3 heterocycles. The molecule has 1 aromatic carbocycles. The molecule has 32 heavy (non-hydrogen) atoms. The number of hydrogen-bond acceptors (Lipinski definition) is 5. The molecular formula is C22H22Cl2F2N6. The summed E-state index contributed by atoms with van der Waals surface area (Å²) in [5, 5.41) is 8.66. The number of aromatic nitrogens is 4. The molecule has 0 spiro atoms. The van der Waals surface area contributed by atoms with E-state index in [-0.39, 0.29) is 11.6 Å². The number of rotatable bonds is 4. The minimum atomic E-state index is -2.76. The molecule has 3 aromatic rings. The Bertz CT molecular complexity index is 1200. The zero-order chi connectivity index (χ0) is 22.2. The summed E-state index contributed by atoms with van der Waals surface area (Å²) in [5.41, 5.74) is 2.14. The van der Waals surface area contributed by atoms with Crippen LogP contribution in [-0.4, -0.2) is 38.8 Å². The lowest BCUT2D eigenvalue weighted by atomic mass is 9.86. The number of nitrogens with one attached hydrogen (secondary N) is 1. The van der Waals surface area contributed by atoms with E-state index in [0.717, 1.165) is 40.3 Å². The summed E-state index contributed by atoms with van der Waals surface area (Å²) >= 11 is 12.9. The van der Waals surface area contributed by atoms with E-state index in [1.165, 1.54) is 19.0 Å². The van der Waals surface area contributed by atoms with Crippen molar-refractivity contribution < 1.29 is 8.78 Å². The SMILES string of the molecule is CC1C2CC[C@@H]1CN(c1cc3nc(Nc4cnn(C5CC5(F)F)c4Cl)ncc3cc1Cl)C2. The minimum Gasteiger partial charge on any atom is -0.370 e. The fourth-order valence-electron chi connectivity index (χ4n) is 5.27. The molecule has 4 atom stereocenters. The molecule has 2 aromatic heterocycles. The topological polar surface area (TPSA) is 58.9 Å². The van der Waals surface area contributed by atoms with Gasteiger partial charge in [-0.1, -0.05) is 30.1 Å². The van der Waals surface area contributed by atoms with Gasteiger partial charge in [0.1, 0.15) is 6.04 Å².